The van der Waals surface area contributed by atoms with Gasteiger partial charge in [-0.3, -0.25) is 24.1 Å². The molecule has 0 aromatic carbocycles. The fraction of sp³-hybridized carbons (Fsp3) is 0.684. The van der Waals surface area contributed by atoms with E-state index in [9.17, 15) is 19.2 Å². The highest BCUT2D eigenvalue weighted by Gasteiger charge is 2.83. The first-order chi connectivity index (χ1) is 12.9. The van der Waals surface area contributed by atoms with Crippen LogP contribution in [-0.2, 0) is 33.4 Å². The molecule has 2 aliphatic carbocycles. The molecule has 1 unspecified atom stereocenters. The zero-order valence-electron chi connectivity index (χ0n) is 16.5. The molecule has 154 valence electrons. The van der Waals surface area contributed by atoms with Gasteiger partial charge in [0.15, 0.2) is 23.8 Å². The number of rotatable bonds is 5. The first-order valence-corrected chi connectivity index (χ1v) is 9.11. The molecule has 3 aliphatic rings. The number of nitrogens with zero attached hydrogens (tertiary/aromatic N) is 1. The summed E-state index contributed by atoms with van der Waals surface area (Å²) >= 11 is 0. The summed E-state index contributed by atoms with van der Waals surface area (Å²) in [5.41, 5.74) is -2.48. The minimum atomic E-state index is -1.87. The van der Waals surface area contributed by atoms with Gasteiger partial charge >= 0.3 is 11.9 Å². The van der Waals surface area contributed by atoms with Crippen molar-refractivity contribution >= 4 is 23.6 Å². The zero-order chi connectivity index (χ0) is 21.0. The maximum atomic E-state index is 15.7. The second-order valence-corrected chi connectivity index (χ2v) is 7.81. The average molecular weight is 397 g/mol. The predicted octanol–water partition coefficient (Wildman–Crippen LogP) is 1.42. The van der Waals surface area contributed by atoms with Gasteiger partial charge in [0.1, 0.15) is 11.7 Å². The van der Waals surface area contributed by atoms with E-state index in [4.69, 9.17) is 14.2 Å². The number of ether oxygens (including phenoxy) is 3. The summed E-state index contributed by atoms with van der Waals surface area (Å²) in [6.45, 7) is 6.45. The van der Waals surface area contributed by atoms with Crippen molar-refractivity contribution < 1.29 is 37.8 Å². The summed E-state index contributed by atoms with van der Waals surface area (Å²) in [5, 5.41) is 0. The number of Topliss-reactive ketones (excluding diaryl/α,β-unsaturated/α-hetero) is 1. The largest absolute Gasteiger partial charge is 0.456 e. The number of hydrogen-bond acceptors (Lipinski definition) is 7. The lowest BCUT2D eigenvalue weighted by atomic mass is 9.90. The van der Waals surface area contributed by atoms with E-state index in [0.29, 0.717) is 6.42 Å². The Morgan fingerprint density at radius 3 is 2.04 bits per heavy atom. The summed E-state index contributed by atoms with van der Waals surface area (Å²) in [4.78, 5) is 48.0. The standard InChI is InChI=1S/C19H24FNO7/c1-9(10(2)22)8-21(11(3)23)16-15(20)19(28-13(5)25)7-14-6-18(14,17(19)26-16)27-12(4)24/h8,14-17H,6-7H2,1-5H3/b9-8-/t14-,15+,16?,17+,18+,19-/m0/s1. The van der Waals surface area contributed by atoms with Gasteiger partial charge in [0.2, 0.25) is 5.91 Å². The Morgan fingerprint density at radius 2 is 1.54 bits per heavy atom. The summed E-state index contributed by atoms with van der Waals surface area (Å²) in [5.74, 6) is -2.24. The number of carbonyl (C=O) groups is 4. The molecular weight excluding hydrogens is 373 g/mol. The number of hydrogen-bond donors (Lipinski definition) is 0. The molecule has 28 heavy (non-hydrogen) atoms. The first kappa shape index (κ1) is 20.4. The van der Waals surface area contributed by atoms with Crippen molar-refractivity contribution in [3.63, 3.8) is 0 Å². The van der Waals surface area contributed by atoms with E-state index in [-0.39, 0.29) is 23.7 Å². The average Bonchev–Trinajstić information content (AvgIpc) is 3.05. The lowest BCUT2D eigenvalue weighted by molar-refractivity contribution is -0.181. The van der Waals surface area contributed by atoms with E-state index in [0.717, 1.165) is 11.8 Å². The molecule has 0 N–H and O–H groups in total. The van der Waals surface area contributed by atoms with Crippen LogP contribution in [0.25, 0.3) is 0 Å². The quantitative estimate of drug-likeness (QED) is 0.511. The first-order valence-electron chi connectivity index (χ1n) is 9.11. The molecule has 0 radical (unpaired) electrons. The van der Waals surface area contributed by atoms with Crippen molar-refractivity contribution in [3.8, 4) is 0 Å². The van der Waals surface area contributed by atoms with Crippen LogP contribution in [-0.4, -0.2) is 58.2 Å². The molecule has 0 bridgehead atoms. The second-order valence-electron chi connectivity index (χ2n) is 7.81. The van der Waals surface area contributed by atoms with Crippen molar-refractivity contribution in [2.45, 2.75) is 77.2 Å². The molecular formula is C19H24FNO7. The summed E-state index contributed by atoms with van der Waals surface area (Å²) in [6, 6.07) is 0. The molecule has 9 heteroatoms. The van der Waals surface area contributed by atoms with Crippen molar-refractivity contribution in [2.24, 2.45) is 5.92 Å². The molecule has 0 spiro atoms. The van der Waals surface area contributed by atoms with Gasteiger partial charge in [-0.05, 0) is 26.7 Å². The van der Waals surface area contributed by atoms with Crippen LogP contribution in [0.2, 0.25) is 0 Å². The third-order valence-corrected chi connectivity index (χ3v) is 5.74. The van der Waals surface area contributed by atoms with E-state index in [1.807, 2.05) is 0 Å². The van der Waals surface area contributed by atoms with E-state index in [1.54, 1.807) is 0 Å². The zero-order valence-corrected chi connectivity index (χ0v) is 16.5. The van der Waals surface area contributed by atoms with Crippen molar-refractivity contribution in [1.29, 1.82) is 0 Å². The van der Waals surface area contributed by atoms with E-state index in [2.05, 4.69) is 0 Å². The maximum absolute atomic E-state index is 15.7. The summed E-state index contributed by atoms with van der Waals surface area (Å²) in [7, 11) is 0. The van der Waals surface area contributed by atoms with Gasteiger partial charge < -0.3 is 14.2 Å². The van der Waals surface area contributed by atoms with Crippen LogP contribution in [0.4, 0.5) is 4.39 Å². The lowest BCUT2D eigenvalue weighted by Gasteiger charge is -2.33. The number of carbonyl (C=O) groups excluding carboxylic acids is 4. The number of esters is 2. The number of halogens is 1. The highest BCUT2D eigenvalue weighted by molar-refractivity contribution is 5.93. The van der Waals surface area contributed by atoms with Gasteiger partial charge in [-0.2, -0.15) is 0 Å². The van der Waals surface area contributed by atoms with Crippen LogP contribution in [0.5, 0.6) is 0 Å². The third kappa shape index (κ3) is 3.01. The van der Waals surface area contributed by atoms with E-state index >= 15 is 4.39 Å². The molecule has 3 fully saturated rings. The molecule has 6 atom stereocenters. The molecule has 0 aromatic heterocycles. The summed E-state index contributed by atoms with van der Waals surface area (Å²) in [6.07, 6.45) is -2.49. The van der Waals surface area contributed by atoms with Crippen LogP contribution >= 0.6 is 0 Å². The van der Waals surface area contributed by atoms with Crippen molar-refractivity contribution in [2.75, 3.05) is 0 Å². The van der Waals surface area contributed by atoms with E-state index < -0.39 is 47.6 Å². The van der Waals surface area contributed by atoms with Crippen LogP contribution in [0.1, 0.15) is 47.5 Å². The minimum Gasteiger partial charge on any atom is -0.456 e. The van der Waals surface area contributed by atoms with Crippen LogP contribution in [0.15, 0.2) is 11.8 Å². The highest BCUT2D eigenvalue weighted by Crippen LogP contribution is 2.68. The molecule has 1 heterocycles. The number of alkyl halides is 1. The fourth-order valence-corrected chi connectivity index (χ4v) is 4.45. The van der Waals surface area contributed by atoms with Gasteiger partial charge in [-0.1, -0.05) is 0 Å². The molecule has 1 saturated heterocycles. The Balaban J connectivity index is 1.99. The number of fused-ring (bicyclic) bond motifs is 3. The van der Waals surface area contributed by atoms with Crippen LogP contribution in [0, 0.1) is 5.92 Å². The Kier molecular flexibility index (Phi) is 4.85. The predicted molar refractivity (Wildman–Crippen MR) is 92.2 cm³/mol. The molecule has 8 nitrogen and oxygen atoms in total. The Labute approximate surface area is 162 Å². The maximum Gasteiger partial charge on any atom is 0.303 e. The Bertz CT molecular complexity index is 780. The van der Waals surface area contributed by atoms with Crippen LogP contribution < -0.4 is 0 Å². The smallest absolute Gasteiger partial charge is 0.303 e. The van der Waals surface area contributed by atoms with Gasteiger partial charge in [-0.15, -0.1) is 0 Å². The molecule has 3 rings (SSSR count). The van der Waals surface area contributed by atoms with Gasteiger partial charge in [0.25, 0.3) is 0 Å². The molecule has 2 saturated carbocycles. The SMILES string of the molecule is CC(=O)O[C@]12C[C@H]1C[C@@]1(OC(C)=O)[C@@H]2OC(N(/C=C(/C)C(C)=O)C(C)=O)[C@H]1F. The third-order valence-electron chi connectivity index (χ3n) is 5.74. The number of allylic oxidation sites excluding steroid dienone is 1. The second kappa shape index (κ2) is 6.65. The molecule has 1 amide bonds. The lowest BCUT2D eigenvalue weighted by Crippen LogP contribution is -2.52. The normalized spacial score (nSPS) is 38.3. The monoisotopic (exact) mass is 397 g/mol. The molecule has 1 aliphatic heterocycles. The Morgan fingerprint density at radius 1 is 1.00 bits per heavy atom. The summed E-state index contributed by atoms with van der Waals surface area (Å²) < 4.78 is 32.4. The highest BCUT2D eigenvalue weighted by atomic mass is 19.1. The van der Waals surface area contributed by atoms with Gasteiger partial charge in [0, 0.05) is 38.5 Å². The van der Waals surface area contributed by atoms with Crippen LogP contribution in [0.3, 0.4) is 0 Å². The number of ketones is 1. The topological polar surface area (TPSA) is 99.2 Å². The van der Waals surface area contributed by atoms with E-state index in [1.165, 1.54) is 33.9 Å². The van der Waals surface area contributed by atoms with Gasteiger partial charge in [0.05, 0.1) is 0 Å². The molecule has 0 aromatic rings. The van der Waals surface area contributed by atoms with Crippen molar-refractivity contribution in [3.05, 3.63) is 11.8 Å². The number of amides is 1. The van der Waals surface area contributed by atoms with Crippen molar-refractivity contribution in [1.82, 2.24) is 4.90 Å². The fourth-order valence-electron chi connectivity index (χ4n) is 4.45. The van der Waals surface area contributed by atoms with Gasteiger partial charge in [-0.25, -0.2) is 4.39 Å². The Hall–Kier alpha value is -2.29. The minimum absolute atomic E-state index is 0.128.